The molecule has 0 fully saturated rings. The second-order valence-electron chi connectivity index (χ2n) is 5.61. The number of ether oxygens (including phenoxy) is 1. The highest BCUT2D eigenvalue weighted by Crippen LogP contribution is 2.21. The molecule has 0 saturated heterocycles. The number of hydrogen-bond acceptors (Lipinski definition) is 3. The number of aromatic nitrogens is 2. The van der Waals surface area contributed by atoms with Gasteiger partial charge in [-0.05, 0) is 49.4 Å². The Balaban J connectivity index is 1.78. The average molecular weight is 324 g/mol. The molecule has 124 valence electrons. The topological polar surface area (TPSA) is 59.4 Å². The van der Waals surface area contributed by atoms with Crippen LogP contribution in [-0.2, 0) is 7.05 Å². The first kappa shape index (κ1) is 15.9. The van der Waals surface area contributed by atoms with Crippen molar-refractivity contribution >= 4 is 28.4 Å². The van der Waals surface area contributed by atoms with Crippen LogP contribution in [0.3, 0.4) is 0 Å². The molecule has 6 heteroatoms. The number of urea groups is 1. The molecule has 0 unspecified atom stereocenters. The summed E-state index contributed by atoms with van der Waals surface area (Å²) in [5, 5.41) is 2.90. The van der Waals surface area contributed by atoms with Crippen LogP contribution < -0.4 is 15.0 Å². The highest BCUT2D eigenvalue weighted by Gasteiger charge is 2.12. The maximum absolute atomic E-state index is 12.4. The molecule has 0 aliphatic heterocycles. The van der Waals surface area contributed by atoms with Crippen LogP contribution in [0.25, 0.3) is 11.0 Å². The van der Waals surface area contributed by atoms with E-state index in [0.29, 0.717) is 5.69 Å². The monoisotopic (exact) mass is 324 g/mol. The Bertz CT molecular complexity index is 884. The van der Waals surface area contributed by atoms with Gasteiger partial charge in [0.15, 0.2) is 0 Å². The first-order valence-corrected chi connectivity index (χ1v) is 7.61. The van der Waals surface area contributed by atoms with Gasteiger partial charge in [-0.25, -0.2) is 9.78 Å². The van der Waals surface area contributed by atoms with Gasteiger partial charge in [0.2, 0.25) is 0 Å². The molecule has 0 atom stereocenters. The van der Waals surface area contributed by atoms with Crippen molar-refractivity contribution < 1.29 is 9.53 Å². The van der Waals surface area contributed by atoms with Gasteiger partial charge >= 0.3 is 6.03 Å². The van der Waals surface area contributed by atoms with Crippen LogP contribution in [-0.4, -0.2) is 29.7 Å². The van der Waals surface area contributed by atoms with Crippen LogP contribution in [0.5, 0.6) is 5.75 Å². The minimum Gasteiger partial charge on any atom is -0.497 e. The normalized spacial score (nSPS) is 10.7. The molecule has 0 aliphatic carbocycles. The SMILES string of the molecule is COc1ccc(N(C)C(=O)Nc2ccc3c(c2)nc(C)n3C)cc1. The molecule has 2 amide bonds. The van der Waals surface area contributed by atoms with E-state index in [4.69, 9.17) is 4.74 Å². The lowest BCUT2D eigenvalue weighted by Gasteiger charge is -2.18. The number of carbonyl (C=O) groups excluding carboxylic acids is 1. The van der Waals surface area contributed by atoms with Crippen molar-refractivity contribution in [3.8, 4) is 5.75 Å². The van der Waals surface area contributed by atoms with E-state index in [2.05, 4.69) is 10.3 Å². The predicted molar refractivity (Wildman–Crippen MR) is 95.9 cm³/mol. The fraction of sp³-hybridized carbons (Fsp3) is 0.222. The summed E-state index contributed by atoms with van der Waals surface area (Å²) in [6.45, 7) is 1.95. The number of anilines is 2. The second kappa shape index (κ2) is 6.23. The highest BCUT2D eigenvalue weighted by molar-refractivity contribution is 6.02. The number of imidazole rings is 1. The minimum absolute atomic E-state index is 0.216. The molecule has 0 spiro atoms. The molecule has 1 N–H and O–H groups in total. The van der Waals surface area contributed by atoms with Crippen molar-refractivity contribution in [1.29, 1.82) is 0 Å². The third-order valence-corrected chi connectivity index (χ3v) is 4.12. The summed E-state index contributed by atoms with van der Waals surface area (Å²) in [7, 11) is 5.31. The Morgan fingerprint density at radius 1 is 1.21 bits per heavy atom. The average Bonchev–Trinajstić information content (AvgIpc) is 2.88. The van der Waals surface area contributed by atoms with Gasteiger partial charge < -0.3 is 14.6 Å². The number of rotatable bonds is 3. The lowest BCUT2D eigenvalue weighted by molar-refractivity contribution is 0.258. The highest BCUT2D eigenvalue weighted by atomic mass is 16.5. The fourth-order valence-electron chi connectivity index (χ4n) is 2.53. The van der Waals surface area contributed by atoms with Crippen molar-refractivity contribution in [2.24, 2.45) is 7.05 Å². The van der Waals surface area contributed by atoms with E-state index < -0.39 is 0 Å². The van der Waals surface area contributed by atoms with Gasteiger partial charge in [-0.1, -0.05) is 0 Å². The standard InChI is InChI=1S/C18H20N4O2/c1-12-19-16-11-13(5-10-17(16)21(12)2)20-18(23)22(3)14-6-8-15(24-4)9-7-14/h5-11H,1-4H3,(H,20,23). The number of carbonyl (C=O) groups is 1. The Kier molecular flexibility index (Phi) is 4.12. The molecule has 0 aliphatic rings. The molecular formula is C18H20N4O2. The number of fused-ring (bicyclic) bond motifs is 1. The zero-order valence-corrected chi connectivity index (χ0v) is 14.2. The van der Waals surface area contributed by atoms with E-state index in [9.17, 15) is 4.79 Å². The number of benzene rings is 2. The summed E-state index contributed by atoms with van der Waals surface area (Å²) in [5.41, 5.74) is 3.39. The third kappa shape index (κ3) is 2.90. The Labute approximate surface area is 140 Å². The molecule has 0 saturated carbocycles. The first-order chi connectivity index (χ1) is 11.5. The Morgan fingerprint density at radius 3 is 2.58 bits per heavy atom. The number of amides is 2. The molecule has 0 radical (unpaired) electrons. The summed E-state index contributed by atoms with van der Waals surface area (Å²) in [6.07, 6.45) is 0. The van der Waals surface area contributed by atoms with Crippen molar-refractivity contribution in [2.45, 2.75) is 6.92 Å². The second-order valence-corrected chi connectivity index (χ2v) is 5.61. The van der Waals surface area contributed by atoms with Gasteiger partial charge in [-0.3, -0.25) is 4.90 Å². The van der Waals surface area contributed by atoms with E-state index in [0.717, 1.165) is 28.3 Å². The zero-order valence-electron chi connectivity index (χ0n) is 14.2. The van der Waals surface area contributed by atoms with Gasteiger partial charge in [-0.2, -0.15) is 0 Å². The summed E-state index contributed by atoms with van der Waals surface area (Å²) in [5.74, 6) is 1.69. The van der Waals surface area contributed by atoms with Crippen LogP contribution in [0.15, 0.2) is 42.5 Å². The quantitative estimate of drug-likeness (QED) is 0.801. The van der Waals surface area contributed by atoms with Gasteiger partial charge in [0.1, 0.15) is 11.6 Å². The van der Waals surface area contributed by atoms with Crippen LogP contribution in [0.1, 0.15) is 5.82 Å². The molecular weight excluding hydrogens is 304 g/mol. The number of methoxy groups -OCH3 is 1. The molecule has 6 nitrogen and oxygen atoms in total. The van der Waals surface area contributed by atoms with E-state index >= 15 is 0 Å². The smallest absolute Gasteiger partial charge is 0.326 e. The van der Waals surface area contributed by atoms with Crippen LogP contribution >= 0.6 is 0 Å². The van der Waals surface area contributed by atoms with Gasteiger partial charge in [0, 0.05) is 25.5 Å². The number of nitrogens with zero attached hydrogens (tertiary/aromatic N) is 3. The summed E-state index contributed by atoms with van der Waals surface area (Å²) in [6, 6.07) is 12.8. The predicted octanol–water partition coefficient (Wildman–Crippen LogP) is 3.56. The van der Waals surface area contributed by atoms with Gasteiger partial charge in [0.05, 0.1) is 18.1 Å². The van der Waals surface area contributed by atoms with Crippen molar-refractivity contribution in [3.63, 3.8) is 0 Å². The lowest BCUT2D eigenvalue weighted by Crippen LogP contribution is -2.31. The maximum Gasteiger partial charge on any atom is 0.326 e. The maximum atomic E-state index is 12.4. The van der Waals surface area contributed by atoms with Crippen LogP contribution in [0.2, 0.25) is 0 Å². The van der Waals surface area contributed by atoms with Crippen LogP contribution in [0.4, 0.5) is 16.2 Å². The minimum atomic E-state index is -0.216. The summed E-state index contributed by atoms with van der Waals surface area (Å²) in [4.78, 5) is 18.5. The van der Waals surface area contributed by atoms with Crippen molar-refractivity contribution in [2.75, 3.05) is 24.4 Å². The Hall–Kier alpha value is -3.02. The zero-order chi connectivity index (χ0) is 17.3. The van der Waals surface area contributed by atoms with E-state index in [1.165, 1.54) is 0 Å². The molecule has 1 aromatic heterocycles. The van der Waals surface area contributed by atoms with Gasteiger partial charge in [-0.15, -0.1) is 0 Å². The third-order valence-electron chi connectivity index (χ3n) is 4.12. The molecule has 1 heterocycles. The molecule has 3 aromatic rings. The molecule has 0 bridgehead atoms. The van der Waals surface area contributed by atoms with E-state index in [-0.39, 0.29) is 6.03 Å². The Morgan fingerprint density at radius 2 is 1.92 bits per heavy atom. The number of hydrogen-bond donors (Lipinski definition) is 1. The number of aryl methyl sites for hydroxylation is 2. The molecule has 3 rings (SSSR count). The fourth-order valence-corrected chi connectivity index (χ4v) is 2.53. The van der Waals surface area contributed by atoms with Crippen molar-refractivity contribution in [1.82, 2.24) is 9.55 Å². The van der Waals surface area contributed by atoms with Gasteiger partial charge in [0.25, 0.3) is 0 Å². The van der Waals surface area contributed by atoms with Crippen molar-refractivity contribution in [3.05, 3.63) is 48.3 Å². The van der Waals surface area contributed by atoms with Crippen LogP contribution in [0, 0.1) is 6.92 Å². The summed E-state index contributed by atoms with van der Waals surface area (Å²) >= 11 is 0. The van der Waals surface area contributed by atoms with E-state index in [1.807, 2.05) is 61.0 Å². The molecule has 24 heavy (non-hydrogen) atoms. The lowest BCUT2D eigenvalue weighted by atomic mass is 10.2. The largest absolute Gasteiger partial charge is 0.497 e. The van der Waals surface area contributed by atoms with E-state index in [1.54, 1.807) is 19.1 Å². The first-order valence-electron chi connectivity index (χ1n) is 7.61. The summed E-state index contributed by atoms with van der Waals surface area (Å²) < 4.78 is 7.15. The number of nitrogens with one attached hydrogen (secondary N) is 1. The molecule has 2 aromatic carbocycles.